The summed E-state index contributed by atoms with van der Waals surface area (Å²) in [5, 5.41) is 0. The Kier molecular flexibility index (Phi) is 6.56. The van der Waals surface area contributed by atoms with Crippen molar-refractivity contribution in [1.82, 2.24) is 9.97 Å². The smallest absolute Gasteiger partial charge is 0.361 e. The number of ether oxygens (including phenoxy) is 2. The molecule has 0 unspecified atom stereocenters. The van der Waals surface area contributed by atoms with Gasteiger partial charge in [0.25, 0.3) is 5.56 Å². The van der Waals surface area contributed by atoms with Gasteiger partial charge in [0.05, 0.1) is 0 Å². The number of rotatable bonds is 7. The second-order valence-corrected chi connectivity index (χ2v) is 7.03. The monoisotopic (exact) mass is 456 g/mol. The van der Waals surface area contributed by atoms with Gasteiger partial charge in [-0.05, 0) is 24.6 Å². The van der Waals surface area contributed by atoms with Crippen molar-refractivity contribution in [3.63, 3.8) is 0 Å². The van der Waals surface area contributed by atoms with Gasteiger partial charge in [0.1, 0.15) is 12.4 Å². The third-order valence-electron chi connectivity index (χ3n) is 3.92. The summed E-state index contributed by atoms with van der Waals surface area (Å²) in [7, 11) is 0. The summed E-state index contributed by atoms with van der Waals surface area (Å²) in [5.74, 6) is -1.30. The Morgan fingerprint density at radius 1 is 1.07 bits per heavy atom. The van der Waals surface area contributed by atoms with E-state index in [1.165, 1.54) is 6.92 Å². The third-order valence-corrected chi connectivity index (χ3v) is 4.44. The molecule has 0 aliphatic rings. The number of hydrogen-bond acceptors (Lipinski definition) is 6. The highest BCUT2D eigenvalue weighted by molar-refractivity contribution is 9.10. The van der Waals surface area contributed by atoms with Gasteiger partial charge in [0, 0.05) is 10.0 Å². The van der Waals surface area contributed by atoms with Crippen LogP contribution in [-0.4, -0.2) is 28.3 Å². The zero-order valence-corrected chi connectivity index (χ0v) is 17.1. The molecule has 0 spiro atoms. The van der Waals surface area contributed by atoms with Crippen LogP contribution in [0.5, 0.6) is 5.75 Å². The van der Waals surface area contributed by atoms with Crippen molar-refractivity contribution < 1.29 is 19.1 Å². The molecule has 3 rings (SSSR count). The number of halogens is 1. The van der Waals surface area contributed by atoms with Gasteiger partial charge in [-0.2, -0.15) is 0 Å². The number of nitrogens with one attached hydrogen (secondary N) is 1. The van der Waals surface area contributed by atoms with Crippen LogP contribution in [0, 0.1) is 6.92 Å². The first-order valence-electron chi connectivity index (χ1n) is 8.67. The minimum atomic E-state index is -0.910. The third kappa shape index (κ3) is 5.39. The number of H-pyrrole nitrogens is 1. The van der Waals surface area contributed by atoms with Crippen molar-refractivity contribution in [3.05, 3.63) is 92.1 Å². The number of ketones is 1. The van der Waals surface area contributed by atoms with Gasteiger partial charge in [-0.15, -0.1) is 0 Å². The van der Waals surface area contributed by atoms with Crippen molar-refractivity contribution in [2.75, 3.05) is 6.61 Å². The van der Waals surface area contributed by atoms with Gasteiger partial charge in [-0.1, -0.05) is 58.4 Å². The summed E-state index contributed by atoms with van der Waals surface area (Å²) < 4.78 is 11.4. The largest absolute Gasteiger partial charge is 0.481 e. The summed E-state index contributed by atoms with van der Waals surface area (Å²) in [5.41, 5.74) is 0.346. The number of hydrogen-bond donors (Lipinski definition) is 1. The average molecular weight is 457 g/mol. The van der Waals surface area contributed by atoms with Crippen LogP contribution in [0.3, 0.4) is 0 Å². The summed E-state index contributed by atoms with van der Waals surface area (Å²) in [4.78, 5) is 43.5. The summed E-state index contributed by atoms with van der Waals surface area (Å²) in [6, 6.07) is 15.8. The molecule has 0 bridgehead atoms. The van der Waals surface area contributed by atoms with Gasteiger partial charge in [0.2, 0.25) is 5.75 Å². The number of benzene rings is 2. The van der Waals surface area contributed by atoms with Crippen molar-refractivity contribution in [1.29, 1.82) is 0 Å². The zero-order valence-electron chi connectivity index (χ0n) is 15.5. The molecule has 0 amide bonds. The minimum Gasteiger partial charge on any atom is -0.481 e. The lowest BCUT2D eigenvalue weighted by molar-refractivity contribution is 0.0463. The van der Waals surface area contributed by atoms with E-state index in [0.717, 1.165) is 10.0 Å². The molecule has 0 aliphatic carbocycles. The maximum atomic E-state index is 12.5. The first kappa shape index (κ1) is 20.5. The average Bonchev–Trinajstić information content (AvgIpc) is 2.72. The standard InChI is InChI=1S/C21H17BrN2O5/c1-13-23-18(19(20(26)24-13)28-11-14-5-3-2-4-6-14)21(27)29-12-17(25)15-7-9-16(22)10-8-15/h2-10H,11-12H2,1H3,(H,23,24,26). The van der Waals surface area contributed by atoms with E-state index in [1.807, 2.05) is 30.3 Å². The number of carbonyl (C=O) groups is 2. The van der Waals surface area contributed by atoms with Crippen LogP contribution in [0.25, 0.3) is 0 Å². The molecule has 1 aromatic heterocycles. The van der Waals surface area contributed by atoms with Crippen LogP contribution in [0.15, 0.2) is 63.9 Å². The molecule has 1 N–H and O–H groups in total. The highest BCUT2D eigenvalue weighted by Crippen LogP contribution is 2.15. The van der Waals surface area contributed by atoms with Gasteiger partial charge in [0.15, 0.2) is 18.1 Å². The van der Waals surface area contributed by atoms with Crippen LogP contribution < -0.4 is 10.3 Å². The molecule has 8 heteroatoms. The van der Waals surface area contributed by atoms with E-state index < -0.39 is 18.1 Å². The second-order valence-electron chi connectivity index (χ2n) is 6.11. The number of nitrogens with zero attached hydrogens (tertiary/aromatic N) is 1. The molecular weight excluding hydrogens is 440 g/mol. The number of carbonyl (C=O) groups excluding carboxylic acids is 2. The lowest BCUT2D eigenvalue weighted by Crippen LogP contribution is -2.22. The van der Waals surface area contributed by atoms with Crippen LogP contribution in [0.2, 0.25) is 0 Å². The molecule has 0 saturated heterocycles. The fraction of sp³-hybridized carbons (Fsp3) is 0.143. The normalized spacial score (nSPS) is 10.4. The highest BCUT2D eigenvalue weighted by Gasteiger charge is 2.22. The van der Waals surface area contributed by atoms with E-state index in [-0.39, 0.29) is 29.7 Å². The number of aryl methyl sites for hydroxylation is 1. The predicted molar refractivity (Wildman–Crippen MR) is 109 cm³/mol. The summed E-state index contributed by atoms with van der Waals surface area (Å²) >= 11 is 3.29. The van der Waals surface area contributed by atoms with Gasteiger partial charge >= 0.3 is 5.97 Å². The van der Waals surface area contributed by atoms with Crippen LogP contribution in [-0.2, 0) is 11.3 Å². The molecule has 0 radical (unpaired) electrons. The van der Waals surface area contributed by atoms with Gasteiger partial charge in [-0.25, -0.2) is 9.78 Å². The molecule has 0 fully saturated rings. The first-order valence-corrected chi connectivity index (χ1v) is 9.47. The van der Waals surface area contributed by atoms with Crippen LogP contribution in [0.4, 0.5) is 0 Å². The van der Waals surface area contributed by atoms with E-state index in [9.17, 15) is 14.4 Å². The van der Waals surface area contributed by atoms with Crippen LogP contribution >= 0.6 is 15.9 Å². The van der Waals surface area contributed by atoms with Crippen molar-refractivity contribution in [2.24, 2.45) is 0 Å². The maximum absolute atomic E-state index is 12.5. The van der Waals surface area contributed by atoms with Gasteiger partial charge in [-0.3, -0.25) is 9.59 Å². The Labute approximate surface area is 174 Å². The lowest BCUT2D eigenvalue weighted by Gasteiger charge is -2.10. The molecule has 0 atom stereocenters. The Bertz CT molecular complexity index is 1080. The maximum Gasteiger partial charge on any atom is 0.361 e. The first-order chi connectivity index (χ1) is 13.9. The van der Waals surface area contributed by atoms with Crippen molar-refractivity contribution in [2.45, 2.75) is 13.5 Å². The Hall–Kier alpha value is -3.26. The molecule has 1 heterocycles. The highest BCUT2D eigenvalue weighted by atomic mass is 79.9. The molecular formula is C21H17BrN2O5. The molecule has 29 heavy (non-hydrogen) atoms. The van der Waals surface area contributed by atoms with E-state index in [2.05, 4.69) is 25.9 Å². The van der Waals surface area contributed by atoms with Gasteiger partial charge < -0.3 is 14.5 Å². The number of aromatic nitrogens is 2. The fourth-order valence-corrected chi connectivity index (χ4v) is 2.76. The van der Waals surface area contributed by atoms with Crippen molar-refractivity contribution >= 4 is 27.7 Å². The topological polar surface area (TPSA) is 98.3 Å². The Balaban J connectivity index is 1.74. The quantitative estimate of drug-likeness (QED) is 0.431. The lowest BCUT2D eigenvalue weighted by atomic mass is 10.1. The van der Waals surface area contributed by atoms with E-state index in [4.69, 9.17) is 9.47 Å². The molecule has 0 aliphatic heterocycles. The Morgan fingerprint density at radius 3 is 2.45 bits per heavy atom. The number of esters is 1. The Morgan fingerprint density at radius 2 is 1.76 bits per heavy atom. The molecule has 7 nitrogen and oxygen atoms in total. The van der Waals surface area contributed by atoms with Crippen LogP contribution in [0.1, 0.15) is 32.2 Å². The second kappa shape index (κ2) is 9.29. The number of aromatic amines is 1. The van der Waals surface area contributed by atoms with E-state index in [0.29, 0.717) is 5.56 Å². The van der Waals surface area contributed by atoms with E-state index >= 15 is 0 Å². The minimum absolute atomic E-state index is 0.0762. The molecule has 3 aromatic rings. The number of Topliss-reactive ketones (excluding diaryl/α,β-unsaturated/α-hetero) is 1. The molecule has 0 saturated carbocycles. The fourth-order valence-electron chi connectivity index (χ4n) is 2.50. The zero-order chi connectivity index (χ0) is 20.8. The predicted octanol–water partition coefficient (Wildman–Crippen LogP) is 3.46. The van der Waals surface area contributed by atoms with E-state index in [1.54, 1.807) is 24.3 Å². The summed E-state index contributed by atoms with van der Waals surface area (Å²) in [6.07, 6.45) is 0. The molecule has 148 valence electrons. The molecule has 2 aromatic carbocycles. The SMILES string of the molecule is Cc1nc(C(=O)OCC(=O)c2ccc(Br)cc2)c(OCc2ccccc2)c(=O)[nH]1. The van der Waals surface area contributed by atoms with Crippen molar-refractivity contribution in [3.8, 4) is 5.75 Å². The summed E-state index contributed by atoms with van der Waals surface area (Å²) in [6.45, 7) is 1.13.